The summed E-state index contributed by atoms with van der Waals surface area (Å²) in [4.78, 5) is 15.8. The molecule has 2 aromatic rings. The average molecular weight is 479 g/mol. The molecule has 3 rings (SSSR count). The largest absolute Gasteiger partial charge is 0.493 e. The molecular weight excluding hydrogens is 459 g/mol. The minimum absolute atomic E-state index is 0.137. The first kappa shape index (κ1) is 21.3. The SMILES string of the molecule is CCN1C(=O)/C(=C/c2cc(OC)c(OCc3ccc(F)cc3)cc2Br)N(C)C1=S. The molecule has 0 N–H and O–H groups in total. The zero-order chi connectivity index (χ0) is 21.1. The normalized spacial score (nSPS) is 15.4. The van der Waals surface area contributed by atoms with Crippen molar-refractivity contribution in [2.45, 2.75) is 13.5 Å². The van der Waals surface area contributed by atoms with Gasteiger partial charge in [0.25, 0.3) is 5.91 Å². The standard InChI is InChI=1S/C21H20BrFN2O3S/c1-4-25-20(26)17(24(2)21(25)29)9-14-10-18(27-3)19(11-16(14)22)28-12-13-5-7-15(23)8-6-13/h5-11H,4,12H2,1-3H3/b17-9-. The Labute approximate surface area is 182 Å². The number of methoxy groups -OCH3 is 1. The zero-order valence-corrected chi connectivity index (χ0v) is 18.6. The molecule has 1 amide bonds. The Morgan fingerprint density at radius 3 is 2.48 bits per heavy atom. The summed E-state index contributed by atoms with van der Waals surface area (Å²) in [7, 11) is 3.32. The molecule has 0 radical (unpaired) electrons. The highest BCUT2D eigenvalue weighted by molar-refractivity contribution is 9.10. The number of halogens is 2. The van der Waals surface area contributed by atoms with E-state index in [0.717, 1.165) is 15.6 Å². The van der Waals surface area contributed by atoms with E-state index in [2.05, 4.69) is 15.9 Å². The molecule has 1 saturated heterocycles. The predicted octanol–water partition coefficient (Wildman–Crippen LogP) is 4.60. The van der Waals surface area contributed by atoms with Crippen molar-refractivity contribution in [1.29, 1.82) is 0 Å². The van der Waals surface area contributed by atoms with Gasteiger partial charge in [-0.2, -0.15) is 0 Å². The van der Waals surface area contributed by atoms with Crippen LogP contribution in [0.2, 0.25) is 0 Å². The number of benzene rings is 2. The van der Waals surface area contributed by atoms with Crippen molar-refractivity contribution in [1.82, 2.24) is 9.80 Å². The molecule has 2 aromatic carbocycles. The Balaban J connectivity index is 1.87. The van der Waals surface area contributed by atoms with Crippen molar-refractivity contribution in [3.8, 4) is 11.5 Å². The summed E-state index contributed by atoms with van der Waals surface area (Å²) < 4.78 is 25.1. The van der Waals surface area contributed by atoms with Crippen LogP contribution >= 0.6 is 28.1 Å². The maximum atomic E-state index is 13.0. The van der Waals surface area contributed by atoms with Crippen LogP contribution in [0.15, 0.2) is 46.6 Å². The average Bonchev–Trinajstić information content (AvgIpc) is 2.91. The van der Waals surface area contributed by atoms with Crippen LogP contribution in [0.4, 0.5) is 4.39 Å². The number of thiocarbonyl (C=S) groups is 1. The molecule has 29 heavy (non-hydrogen) atoms. The first-order valence-electron chi connectivity index (χ1n) is 8.91. The molecule has 5 nitrogen and oxygen atoms in total. The van der Waals surface area contributed by atoms with Gasteiger partial charge < -0.3 is 14.4 Å². The van der Waals surface area contributed by atoms with Gasteiger partial charge in [0.2, 0.25) is 0 Å². The third-order valence-electron chi connectivity index (χ3n) is 4.54. The number of likely N-dealkylation sites (N-methyl/N-ethyl adjacent to an activating group) is 2. The molecule has 152 valence electrons. The molecule has 1 aliphatic heterocycles. The molecule has 0 bridgehead atoms. The smallest absolute Gasteiger partial charge is 0.276 e. The first-order valence-corrected chi connectivity index (χ1v) is 10.1. The molecular formula is C21H20BrFN2O3S. The summed E-state index contributed by atoms with van der Waals surface area (Å²) >= 11 is 8.87. The highest BCUT2D eigenvalue weighted by Gasteiger charge is 2.34. The summed E-state index contributed by atoms with van der Waals surface area (Å²) in [5.41, 5.74) is 2.08. The van der Waals surface area contributed by atoms with E-state index in [0.29, 0.717) is 28.9 Å². The van der Waals surface area contributed by atoms with Crippen LogP contribution in [-0.2, 0) is 11.4 Å². The molecule has 1 fully saturated rings. The minimum Gasteiger partial charge on any atom is -0.493 e. The molecule has 1 heterocycles. The van der Waals surface area contributed by atoms with Gasteiger partial charge >= 0.3 is 0 Å². The Morgan fingerprint density at radius 1 is 1.21 bits per heavy atom. The van der Waals surface area contributed by atoms with Crippen LogP contribution < -0.4 is 9.47 Å². The van der Waals surface area contributed by atoms with Gasteiger partial charge in [0, 0.05) is 18.1 Å². The second-order valence-corrected chi connectivity index (χ2v) is 7.58. The lowest BCUT2D eigenvalue weighted by Gasteiger charge is -2.14. The fraction of sp³-hybridized carbons (Fsp3) is 0.238. The van der Waals surface area contributed by atoms with Gasteiger partial charge in [0.1, 0.15) is 18.1 Å². The number of amides is 1. The quantitative estimate of drug-likeness (QED) is 0.448. The molecule has 0 saturated carbocycles. The van der Waals surface area contributed by atoms with Gasteiger partial charge in [-0.1, -0.05) is 28.1 Å². The summed E-state index contributed by atoms with van der Waals surface area (Å²) in [6, 6.07) is 9.68. The number of carbonyl (C=O) groups is 1. The third kappa shape index (κ3) is 4.43. The Morgan fingerprint density at radius 2 is 1.90 bits per heavy atom. The van der Waals surface area contributed by atoms with Gasteiger partial charge in [-0.05, 0) is 60.6 Å². The molecule has 0 unspecified atom stereocenters. The van der Waals surface area contributed by atoms with E-state index >= 15 is 0 Å². The highest BCUT2D eigenvalue weighted by atomic mass is 79.9. The van der Waals surface area contributed by atoms with Gasteiger partial charge in [0.05, 0.1) is 7.11 Å². The molecule has 0 aliphatic carbocycles. The lowest BCUT2D eigenvalue weighted by molar-refractivity contribution is -0.122. The van der Waals surface area contributed by atoms with E-state index in [1.54, 1.807) is 54.3 Å². The van der Waals surface area contributed by atoms with E-state index in [1.165, 1.54) is 12.1 Å². The Kier molecular flexibility index (Phi) is 6.54. The van der Waals surface area contributed by atoms with E-state index < -0.39 is 0 Å². The number of hydrogen-bond acceptors (Lipinski definition) is 4. The first-order chi connectivity index (χ1) is 13.8. The molecule has 0 atom stereocenters. The van der Waals surface area contributed by atoms with Gasteiger partial charge in [-0.25, -0.2) is 4.39 Å². The number of nitrogens with zero attached hydrogens (tertiary/aromatic N) is 2. The molecule has 0 spiro atoms. The third-order valence-corrected chi connectivity index (χ3v) is 5.72. The number of hydrogen-bond donors (Lipinski definition) is 0. The van der Waals surface area contributed by atoms with Gasteiger partial charge in [0.15, 0.2) is 16.6 Å². The maximum Gasteiger partial charge on any atom is 0.276 e. The predicted molar refractivity (Wildman–Crippen MR) is 117 cm³/mol. The Hall–Kier alpha value is -2.45. The molecule has 0 aromatic heterocycles. The van der Waals surface area contributed by atoms with Crippen molar-refractivity contribution in [2.24, 2.45) is 0 Å². The second-order valence-electron chi connectivity index (χ2n) is 6.36. The van der Waals surface area contributed by atoms with Crippen LogP contribution in [0.3, 0.4) is 0 Å². The molecule has 8 heteroatoms. The Bertz CT molecular complexity index is 979. The van der Waals surface area contributed by atoms with Crippen molar-refractivity contribution >= 4 is 45.2 Å². The highest BCUT2D eigenvalue weighted by Crippen LogP contribution is 2.36. The van der Waals surface area contributed by atoms with E-state index in [9.17, 15) is 9.18 Å². The lowest BCUT2D eigenvalue weighted by Crippen LogP contribution is -2.30. The van der Waals surface area contributed by atoms with Crippen molar-refractivity contribution in [3.63, 3.8) is 0 Å². The van der Waals surface area contributed by atoms with Crippen LogP contribution in [0, 0.1) is 5.82 Å². The molecule has 1 aliphatic rings. The summed E-state index contributed by atoms with van der Waals surface area (Å²) in [6.45, 7) is 2.66. The van der Waals surface area contributed by atoms with Gasteiger partial charge in [-0.15, -0.1) is 0 Å². The van der Waals surface area contributed by atoms with E-state index in [-0.39, 0.29) is 18.3 Å². The van der Waals surface area contributed by atoms with Crippen molar-refractivity contribution in [3.05, 3.63) is 63.5 Å². The number of ether oxygens (including phenoxy) is 2. The summed E-state index contributed by atoms with van der Waals surface area (Å²) in [5, 5.41) is 0.478. The van der Waals surface area contributed by atoms with Crippen molar-refractivity contribution < 1.29 is 18.7 Å². The van der Waals surface area contributed by atoms with Gasteiger partial charge in [-0.3, -0.25) is 9.69 Å². The monoisotopic (exact) mass is 478 g/mol. The van der Waals surface area contributed by atoms with E-state index in [1.807, 2.05) is 6.92 Å². The maximum absolute atomic E-state index is 13.0. The van der Waals surface area contributed by atoms with Crippen molar-refractivity contribution in [2.75, 3.05) is 20.7 Å². The van der Waals surface area contributed by atoms with Crippen LogP contribution in [0.5, 0.6) is 11.5 Å². The van der Waals surface area contributed by atoms with Crippen LogP contribution in [0.1, 0.15) is 18.1 Å². The fourth-order valence-corrected chi connectivity index (χ4v) is 3.66. The number of rotatable bonds is 6. The summed E-state index contributed by atoms with van der Waals surface area (Å²) in [6.07, 6.45) is 1.76. The topological polar surface area (TPSA) is 42.0 Å². The summed E-state index contributed by atoms with van der Waals surface area (Å²) in [5.74, 6) is 0.620. The second kappa shape index (κ2) is 8.92. The van der Waals surface area contributed by atoms with Crippen LogP contribution in [0.25, 0.3) is 6.08 Å². The lowest BCUT2D eigenvalue weighted by atomic mass is 10.1. The van der Waals surface area contributed by atoms with E-state index in [4.69, 9.17) is 21.7 Å². The minimum atomic E-state index is -0.293. The zero-order valence-electron chi connectivity index (χ0n) is 16.2. The number of carbonyl (C=O) groups excluding carboxylic acids is 1. The fourth-order valence-electron chi connectivity index (χ4n) is 2.91. The van der Waals surface area contributed by atoms with Crippen LogP contribution in [-0.4, -0.2) is 41.5 Å².